The molecule has 1 aliphatic rings. The Morgan fingerprint density at radius 2 is 2.21 bits per heavy atom. The molecule has 0 aliphatic carbocycles. The Morgan fingerprint density at radius 1 is 1.50 bits per heavy atom. The van der Waals surface area contributed by atoms with Gasteiger partial charge in [-0.2, -0.15) is 0 Å². The molecule has 6 heteroatoms. The first kappa shape index (κ1) is 12.1. The Morgan fingerprint density at radius 3 is 2.71 bits per heavy atom. The zero-order valence-electron chi connectivity index (χ0n) is 8.56. The molecule has 1 fully saturated rings. The second-order valence-electron chi connectivity index (χ2n) is 4.08. The summed E-state index contributed by atoms with van der Waals surface area (Å²) >= 11 is 0. The first-order valence-electron chi connectivity index (χ1n) is 4.54. The molecule has 1 saturated heterocycles. The van der Waals surface area contributed by atoms with Crippen molar-refractivity contribution in [2.24, 2.45) is 5.41 Å². The molecule has 84 valence electrons. The van der Waals surface area contributed by atoms with E-state index in [1.54, 1.807) is 0 Å². The van der Waals surface area contributed by atoms with Crippen molar-refractivity contribution >= 4 is 7.60 Å². The zero-order chi connectivity index (χ0) is 10.7. The molecule has 1 rings (SSSR count). The maximum atomic E-state index is 11.7. The molecule has 14 heavy (non-hydrogen) atoms. The van der Waals surface area contributed by atoms with Gasteiger partial charge in [0, 0.05) is 5.41 Å². The predicted octanol–water partition coefficient (Wildman–Crippen LogP) is 1.22. The number of aliphatic hydroxyl groups excluding tert-OH is 1. The second-order valence-corrected chi connectivity index (χ2v) is 6.07. The van der Waals surface area contributed by atoms with E-state index < -0.39 is 13.0 Å². The molecule has 0 saturated carbocycles. The maximum Gasteiger partial charge on any atom is 0.356 e. The van der Waals surface area contributed by atoms with Crippen LogP contribution in [0.4, 0.5) is 0 Å². The van der Waals surface area contributed by atoms with E-state index in [0.29, 0.717) is 13.2 Å². The summed E-state index contributed by atoms with van der Waals surface area (Å²) in [7, 11) is -3.06. The van der Waals surface area contributed by atoms with Crippen LogP contribution in [0.3, 0.4) is 0 Å². The van der Waals surface area contributed by atoms with Crippen LogP contribution in [-0.4, -0.2) is 37.9 Å². The molecule has 0 spiro atoms. The highest BCUT2D eigenvalue weighted by atomic mass is 31.2. The van der Waals surface area contributed by atoms with Gasteiger partial charge in [0.05, 0.1) is 26.4 Å². The van der Waals surface area contributed by atoms with Crippen LogP contribution in [0.2, 0.25) is 0 Å². The van der Waals surface area contributed by atoms with E-state index in [2.05, 4.69) is 0 Å². The monoisotopic (exact) mass is 224 g/mol. The van der Waals surface area contributed by atoms with Crippen LogP contribution in [0.15, 0.2) is 0 Å². The molecule has 0 aromatic rings. The van der Waals surface area contributed by atoms with E-state index in [4.69, 9.17) is 18.9 Å². The fraction of sp³-hybridized carbons (Fsp3) is 1.00. The van der Waals surface area contributed by atoms with Crippen molar-refractivity contribution in [1.29, 1.82) is 0 Å². The fourth-order valence-corrected chi connectivity index (χ4v) is 2.32. The molecule has 0 bridgehead atoms. The number of rotatable bonds is 4. The lowest BCUT2D eigenvalue weighted by atomic mass is 9.97. The van der Waals surface area contributed by atoms with E-state index in [1.807, 2.05) is 13.8 Å². The fourth-order valence-electron chi connectivity index (χ4n) is 0.842. The summed E-state index contributed by atoms with van der Waals surface area (Å²) in [6.45, 7) is 4.58. The molecule has 1 N–H and O–H groups in total. The van der Waals surface area contributed by atoms with E-state index in [-0.39, 0.29) is 19.6 Å². The number of aliphatic hydroxyl groups is 1. The molecule has 0 radical (unpaired) electrons. The summed E-state index contributed by atoms with van der Waals surface area (Å²) in [6.07, 6.45) is 0.00844. The molecule has 0 aromatic carbocycles. The SMILES string of the molecule is CC(C)(CO)COP1(=O)COCCO1. The van der Waals surface area contributed by atoms with E-state index >= 15 is 0 Å². The van der Waals surface area contributed by atoms with Gasteiger partial charge < -0.3 is 18.9 Å². The van der Waals surface area contributed by atoms with Gasteiger partial charge in [-0.1, -0.05) is 13.8 Å². The molecule has 0 aromatic heterocycles. The van der Waals surface area contributed by atoms with Gasteiger partial charge in [0.25, 0.3) is 0 Å². The third-order valence-electron chi connectivity index (χ3n) is 1.85. The molecular weight excluding hydrogens is 207 g/mol. The summed E-state index contributed by atoms with van der Waals surface area (Å²) in [5, 5.41) is 8.97. The highest BCUT2D eigenvalue weighted by Crippen LogP contribution is 2.50. The van der Waals surface area contributed by atoms with Crippen molar-refractivity contribution < 1.29 is 23.5 Å². The molecule has 1 atom stereocenters. The third kappa shape index (κ3) is 3.67. The Kier molecular flexibility index (Phi) is 4.10. The largest absolute Gasteiger partial charge is 0.396 e. The third-order valence-corrected chi connectivity index (χ3v) is 3.44. The van der Waals surface area contributed by atoms with Crippen LogP contribution in [0.1, 0.15) is 13.8 Å². The average molecular weight is 224 g/mol. The van der Waals surface area contributed by atoms with Crippen molar-refractivity contribution in [3.63, 3.8) is 0 Å². The van der Waals surface area contributed by atoms with Gasteiger partial charge in [-0.15, -0.1) is 0 Å². The van der Waals surface area contributed by atoms with Crippen molar-refractivity contribution in [2.75, 3.05) is 32.8 Å². The average Bonchev–Trinajstić information content (AvgIpc) is 2.17. The van der Waals surface area contributed by atoms with Crippen molar-refractivity contribution in [3.8, 4) is 0 Å². The normalized spacial score (nSPS) is 29.1. The lowest BCUT2D eigenvalue weighted by Crippen LogP contribution is -2.25. The second kappa shape index (κ2) is 4.73. The first-order valence-corrected chi connectivity index (χ1v) is 6.27. The van der Waals surface area contributed by atoms with Gasteiger partial charge in [-0.25, -0.2) is 0 Å². The summed E-state index contributed by atoms with van der Waals surface area (Å²) in [6, 6.07) is 0. The Bertz CT molecular complexity index is 218. The maximum absolute atomic E-state index is 11.7. The van der Waals surface area contributed by atoms with E-state index in [9.17, 15) is 4.57 Å². The van der Waals surface area contributed by atoms with Gasteiger partial charge in [-0.3, -0.25) is 4.57 Å². The molecule has 1 unspecified atom stereocenters. The van der Waals surface area contributed by atoms with Crippen LogP contribution >= 0.6 is 7.60 Å². The van der Waals surface area contributed by atoms with Crippen molar-refractivity contribution in [2.45, 2.75) is 13.8 Å². The number of hydrogen-bond acceptors (Lipinski definition) is 5. The highest BCUT2D eigenvalue weighted by Gasteiger charge is 2.31. The standard InChI is InChI=1S/C8H17O5P/c1-8(2,5-9)6-13-14(10)7-11-3-4-12-14/h9H,3-7H2,1-2H3. The summed E-state index contributed by atoms with van der Waals surface area (Å²) in [5.41, 5.74) is -0.405. The smallest absolute Gasteiger partial charge is 0.356 e. The molecule has 0 amide bonds. The van der Waals surface area contributed by atoms with Crippen molar-refractivity contribution in [1.82, 2.24) is 0 Å². The first-order chi connectivity index (χ1) is 6.47. The summed E-state index contributed by atoms with van der Waals surface area (Å²) in [5.74, 6) is 0. The van der Waals surface area contributed by atoms with Gasteiger partial charge in [0.2, 0.25) is 0 Å². The summed E-state index contributed by atoms with van der Waals surface area (Å²) in [4.78, 5) is 0. The minimum Gasteiger partial charge on any atom is -0.396 e. The van der Waals surface area contributed by atoms with Gasteiger partial charge in [0.1, 0.15) is 6.35 Å². The molecular formula is C8H17O5P. The Balaban J connectivity index is 2.39. The minimum absolute atomic E-state index is 0.00844. The molecule has 5 nitrogen and oxygen atoms in total. The lowest BCUT2D eigenvalue weighted by Gasteiger charge is -2.27. The molecule has 1 aliphatic heterocycles. The highest BCUT2D eigenvalue weighted by molar-refractivity contribution is 7.53. The van der Waals surface area contributed by atoms with Crippen LogP contribution < -0.4 is 0 Å². The molecule has 1 heterocycles. The van der Waals surface area contributed by atoms with Gasteiger partial charge in [-0.05, 0) is 0 Å². The van der Waals surface area contributed by atoms with Gasteiger partial charge in [0.15, 0.2) is 0 Å². The van der Waals surface area contributed by atoms with Crippen LogP contribution in [0, 0.1) is 5.41 Å². The van der Waals surface area contributed by atoms with Crippen LogP contribution in [0.25, 0.3) is 0 Å². The van der Waals surface area contributed by atoms with E-state index in [1.165, 1.54) is 0 Å². The Labute approximate surface area is 83.9 Å². The zero-order valence-corrected chi connectivity index (χ0v) is 9.46. The summed E-state index contributed by atoms with van der Waals surface area (Å²) < 4.78 is 27.0. The number of ether oxygens (including phenoxy) is 1. The predicted molar refractivity (Wildman–Crippen MR) is 51.2 cm³/mol. The Hall–Kier alpha value is 0.0700. The minimum atomic E-state index is -3.06. The van der Waals surface area contributed by atoms with Crippen LogP contribution in [0.5, 0.6) is 0 Å². The number of hydrogen-bond donors (Lipinski definition) is 1. The quantitative estimate of drug-likeness (QED) is 0.727. The van der Waals surface area contributed by atoms with Crippen LogP contribution in [-0.2, 0) is 18.3 Å². The van der Waals surface area contributed by atoms with Gasteiger partial charge >= 0.3 is 7.60 Å². The topological polar surface area (TPSA) is 65.0 Å². The van der Waals surface area contributed by atoms with E-state index in [0.717, 1.165) is 0 Å². The lowest BCUT2D eigenvalue weighted by molar-refractivity contribution is 0.0372. The van der Waals surface area contributed by atoms with Crippen molar-refractivity contribution in [3.05, 3.63) is 0 Å².